The van der Waals surface area contributed by atoms with Crippen molar-refractivity contribution in [2.45, 2.75) is 76.7 Å². The third-order valence-corrected chi connectivity index (χ3v) is 8.08. The number of rotatable bonds is 2. The van der Waals surface area contributed by atoms with Crippen molar-refractivity contribution < 1.29 is 9.90 Å². The van der Waals surface area contributed by atoms with Gasteiger partial charge in [0, 0.05) is 11.8 Å². The molecule has 0 aromatic rings. The summed E-state index contributed by atoms with van der Waals surface area (Å²) in [5.74, 6) is 5.77. The molecule has 4 aliphatic rings. The fraction of sp³-hybridized carbons (Fsp3) is 0.773. The van der Waals surface area contributed by atoms with Crippen LogP contribution >= 0.6 is 0 Å². The number of fused-ring (bicyclic) bond motifs is 5. The maximum atomic E-state index is 11.8. The quantitative estimate of drug-likeness (QED) is 0.769. The summed E-state index contributed by atoms with van der Waals surface area (Å²) in [5.41, 5.74) is 0.487. The number of carbonyl (C=O) groups is 1. The van der Waals surface area contributed by atoms with E-state index in [4.69, 9.17) is 6.42 Å². The summed E-state index contributed by atoms with van der Waals surface area (Å²) in [4.78, 5) is 11.8. The van der Waals surface area contributed by atoms with E-state index in [0.29, 0.717) is 29.5 Å². The van der Waals surface area contributed by atoms with Crippen LogP contribution in [0.25, 0.3) is 0 Å². The molecule has 0 unspecified atom stereocenters. The van der Waals surface area contributed by atoms with Gasteiger partial charge in [0.25, 0.3) is 0 Å². The Morgan fingerprint density at radius 2 is 2.04 bits per heavy atom. The summed E-state index contributed by atoms with van der Waals surface area (Å²) in [7, 11) is 0. The fourth-order valence-electron chi connectivity index (χ4n) is 7.19. The van der Waals surface area contributed by atoms with Crippen LogP contribution in [0.15, 0.2) is 11.6 Å². The van der Waals surface area contributed by atoms with Crippen LogP contribution in [0.4, 0.5) is 0 Å². The van der Waals surface area contributed by atoms with Gasteiger partial charge in [-0.25, -0.2) is 0 Å². The fourth-order valence-corrected chi connectivity index (χ4v) is 7.19. The zero-order valence-electron chi connectivity index (χ0n) is 14.9. The van der Waals surface area contributed by atoms with Crippen molar-refractivity contribution in [2.24, 2.45) is 29.1 Å². The predicted octanol–water partition coefficient (Wildman–Crippen LogP) is 4.27. The molecule has 0 heterocycles. The molecule has 0 spiro atoms. The number of hydrogen-bond donors (Lipinski definition) is 1. The van der Waals surface area contributed by atoms with Crippen molar-refractivity contribution in [1.29, 1.82) is 0 Å². The molecular formula is C22H30O2. The van der Waals surface area contributed by atoms with Gasteiger partial charge in [-0.2, -0.15) is 0 Å². The summed E-state index contributed by atoms with van der Waals surface area (Å²) in [6.45, 7) is 2.22. The molecule has 1 N–H and O–H groups in total. The van der Waals surface area contributed by atoms with Crippen LogP contribution < -0.4 is 0 Å². The van der Waals surface area contributed by atoms with Crippen LogP contribution in [0.1, 0.15) is 71.1 Å². The average molecular weight is 326 g/mol. The minimum Gasteiger partial charge on any atom is -0.377 e. The molecular weight excluding hydrogens is 296 g/mol. The average Bonchev–Trinajstić information content (AvgIpc) is 2.88. The monoisotopic (exact) mass is 326 g/mol. The second-order valence-electron chi connectivity index (χ2n) is 8.79. The van der Waals surface area contributed by atoms with Gasteiger partial charge in [-0.05, 0) is 81.1 Å². The maximum absolute atomic E-state index is 11.8. The lowest BCUT2D eigenvalue weighted by atomic mass is 9.49. The van der Waals surface area contributed by atoms with E-state index in [1.54, 1.807) is 0 Å². The normalized spacial score (nSPS) is 47.2. The van der Waals surface area contributed by atoms with Gasteiger partial charge in [-0.15, -0.1) is 6.42 Å². The van der Waals surface area contributed by atoms with Crippen molar-refractivity contribution in [3.05, 3.63) is 11.6 Å². The van der Waals surface area contributed by atoms with Crippen LogP contribution in [-0.2, 0) is 4.79 Å². The van der Waals surface area contributed by atoms with Gasteiger partial charge in [-0.1, -0.05) is 24.8 Å². The molecule has 4 aliphatic carbocycles. The van der Waals surface area contributed by atoms with Gasteiger partial charge in [-0.3, -0.25) is 4.79 Å². The Labute approximate surface area is 146 Å². The Balaban J connectivity index is 1.67. The summed E-state index contributed by atoms with van der Waals surface area (Å²) in [5, 5.41) is 11.2. The first-order valence-corrected chi connectivity index (χ1v) is 9.98. The molecule has 0 bridgehead atoms. The van der Waals surface area contributed by atoms with Crippen molar-refractivity contribution in [3.8, 4) is 12.3 Å². The summed E-state index contributed by atoms with van der Waals surface area (Å²) in [6, 6.07) is 0. The van der Waals surface area contributed by atoms with Crippen LogP contribution in [0.3, 0.4) is 0 Å². The Bertz CT molecular complexity index is 612. The van der Waals surface area contributed by atoms with Gasteiger partial charge in [0.2, 0.25) is 0 Å². The topological polar surface area (TPSA) is 37.3 Å². The number of aliphatic hydroxyl groups is 1. The largest absolute Gasteiger partial charge is 0.377 e. The van der Waals surface area contributed by atoms with E-state index in [2.05, 4.69) is 12.8 Å². The highest BCUT2D eigenvalue weighted by Gasteiger charge is 2.63. The first-order valence-electron chi connectivity index (χ1n) is 9.98. The number of carbonyl (C=O) groups excluding carboxylic acids is 1. The summed E-state index contributed by atoms with van der Waals surface area (Å²) in [6.07, 6.45) is 18.2. The highest BCUT2D eigenvalue weighted by molar-refractivity contribution is 5.91. The van der Waals surface area contributed by atoms with E-state index < -0.39 is 5.60 Å². The van der Waals surface area contributed by atoms with Crippen molar-refractivity contribution >= 4 is 5.78 Å². The zero-order chi connectivity index (χ0) is 16.9. The number of ketones is 1. The Morgan fingerprint density at radius 1 is 1.21 bits per heavy atom. The molecule has 0 aromatic heterocycles. The number of hydrogen-bond acceptors (Lipinski definition) is 2. The third kappa shape index (κ3) is 2.10. The second-order valence-corrected chi connectivity index (χ2v) is 8.79. The van der Waals surface area contributed by atoms with Gasteiger partial charge < -0.3 is 5.11 Å². The van der Waals surface area contributed by atoms with E-state index in [0.717, 1.165) is 51.4 Å². The SMILES string of the molecule is C#C[C@]1(O)CC[C@H]2[C@@H]3CCC4=CC(=O)CC[C@@H]4[C@H]3CC[C@@]21CCC. The van der Waals surface area contributed by atoms with Gasteiger partial charge >= 0.3 is 0 Å². The second kappa shape index (κ2) is 5.73. The molecule has 3 saturated carbocycles. The van der Waals surface area contributed by atoms with Crippen LogP contribution in [0.5, 0.6) is 0 Å². The maximum Gasteiger partial charge on any atom is 0.155 e. The van der Waals surface area contributed by atoms with Crippen LogP contribution in [0, 0.1) is 41.4 Å². The van der Waals surface area contributed by atoms with E-state index >= 15 is 0 Å². The number of terminal acetylenes is 1. The van der Waals surface area contributed by atoms with Gasteiger partial charge in [0.1, 0.15) is 5.60 Å². The van der Waals surface area contributed by atoms with E-state index in [-0.39, 0.29) is 5.41 Å². The summed E-state index contributed by atoms with van der Waals surface area (Å²) >= 11 is 0. The standard InChI is InChI=1S/C22H30O2/c1-3-11-21-12-9-18-17-8-6-16(23)14-15(17)5-7-19(18)20(21)10-13-22(21,24)4-2/h2,14,17-20,24H,3,5-13H2,1H3/t17-,18+,19+,20-,21-,22-/m0/s1. The predicted molar refractivity (Wildman–Crippen MR) is 95.1 cm³/mol. The Hall–Kier alpha value is -1.07. The first-order chi connectivity index (χ1) is 11.5. The molecule has 0 saturated heterocycles. The minimum absolute atomic E-state index is 0.0522. The lowest BCUT2D eigenvalue weighted by molar-refractivity contribution is -0.117. The third-order valence-electron chi connectivity index (χ3n) is 8.08. The van der Waals surface area contributed by atoms with E-state index in [1.165, 1.54) is 18.4 Å². The molecule has 0 aliphatic heterocycles. The van der Waals surface area contributed by atoms with Crippen molar-refractivity contribution in [2.75, 3.05) is 0 Å². The molecule has 0 radical (unpaired) electrons. The van der Waals surface area contributed by atoms with E-state index in [9.17, 15) is 9.90 Å². The molecule has 3 fully saturated rings. The molecule has 0 amide bonds. The van der Waals surface area contributed by atoms with Crippen LogP contribution in [-0.4, -0.2) is 16.5 Å². The van der Waals surface area contributed by atoms with Gasteiger partial charge in [0.05, 0.1) is 0 Å². The molecule has 4 rings (SSSR count). The lowest BCUT2D eigenvalue weighted by Gasteiger charge is -2.56. The highest BCUT2D eigenvalue weighted by Crippen LogP contribution is 2.66. The first kappa shape index (κ1) is 16.4. The molecule has 2 heteroatoms. The smallest absolute Gasteiger partial charge is 0.155 e. The molecule has 24 heavy (non-hydrogen) atoms. The zero-order valence-corrected chi connectivity index (χ0v) is 14.9. The molecule has 6 atom stereocenters. The van der Waals surface area contributed by atoms with Crippen molar-refractivity contribution in [1.82, 2.24) is 0 Å². The minimum atomic E-state index is -0.892. The highest BCUT2D eigenvalue weighted by atomic mass is 16.3. The molecule has 2 nitrogen and oxygen atoms in total. The Morgan fingerprint density at radius 3 is 2.79 bits per heavy atom. The summed E-state index contributed by atoms with van der Waals surface area (Å²) < 4.78 is 0. The van der Waals surface area contributed by atoms with Crippen molar-refractivity contribution in [3.63, 3.8) is 0 Å². The Kier molecular flexibility index (Phi) is 3.92. The molecule has 130 valence electrons. The van der Waals surface area contributed by atoms with Gasteiger partial charge in [0.15, 0.2) is 5.78 Å². The van der Waals surface area contributed by atoms with Crippen LogP contribution in [0.2, 0.25) is 0 Å². The number of allylic oxidation sites excluding steroid dienone is 1. The van der Waals surface area contributed by atoms with E-state index in [1.807, 2.05) is 6.08 Å². The lowest BCUT2D eigenvalue weighted by Crippen LogP contribution is -2.53. The molecule has 0 aromatic carbocycles.